The second kappa shape index (κ2) is 7.09. The number of amides is 1. The minimum Gasteiger partial charge on any atom is -0.348 e. The lowest BCUT2D eigenvalue weighted by Gasteiger charge is -2.06. The Labute approximate surface area is 86.9 Å². The molecule has 0 fully saturated rings. The summed E-state index contributed by atoms with van der Waals surface area (Å²) >= 11 is 0. The fourth-order valence-electron chi connectivity index (χ4n) is 0.882. The van der Waals surface area contributed by atoms with Gasteiger partial charge in [0, 0.05) is 6.54 Å². The van der Waals surface area contributed by atoms with Crippen molar-refractivity contribution in [3.05, 3.63) is 24.8 Å². The van der Waals surface area contributed by atoms with E-state index in [-0.39, 0.29) is 6.54 Å². The average Bonchev–Trinajstić information content (AvgIpc) is 2.14. The van der Waals surface area contributed by atoms with Gasteiger partial charge in [-0.25, -0.2) is 0 Å². The summed E-state index contributed by atoms with van der Waals surface area (Å²) in [6.07, 6.45) is 2.54. The Morgan fingerprint density at radius 2 is 2.00 bits per heavy atom. The molecule has 0 spiro atoms. The van der Waals surface area contributed by atoms with Gasteiger partial charge < -0.3 is 5.32 Å². The van der Waals surface area contributed by atoms with Crippen molar-refractivity contribution < 1.29 is 18.0 Å². The van der Waals surface area contributed by atoms with Crippen LogP contribution in [0.4, 0.5) is 13.2 Å². The van der Waals surface area contributed by atoms with E-state index in [4.69, 9.17) is 0 Å². The lowest BCUT2D eigenvalue weighted by atomic mass is 10.2. The smallest absolute Gasteiger partial charge is 0.348 e. The molecular formula is C10H14F3NO. The summed E-state index contributed by atoms with van der Waals surface area (Å²) in [6.45, 7) is 3.53. The average molecular weight is 221 g/mol. The Morgan fingerprint density at radius 1 is 1.33 bits per heavy atom. The monoisotopic (exact) mass is 221 g/mol. The normalized spacial score (nSPS) is 11.7. The van der Waals surface area contributed by atoms with Gasteiger partial charge in [-0.05, 0) is 19.3 Å². The zero-order valence-corrected chi connectivity index (χ0v) is 8.31. The quantitative estimate of drug-likeness (QED) is 0.542. The molecule has 86 valence electrons. The number of hydrogen-bond donors (Lipinski definition) is 1. The highest BCUT2D eigenvalue weighted by Crippen LogP contribution is 2.13. The lowest BCUT2D eigenvalue weighted by Crippen LogP contribution is -2.37. The van der Waals surface area contributed by atoms with Crippen LogP contribution in [-0.4, -0.2) is 18.6 Å². The molecule has 5 heteroatoms. The maximum atomic E-state index is 11.7. The lowest BCUT2D eigenvalue weighted by molar-refractivity contribution is -0.173. The predicted octanol–water partition coefficient (Wildman–Crippen LogP) is 2.58. The van der Waals surface area contributed by atoms with Gasteiger partial charge in [0.2, 0.25) is 0 Å². The number of halogens is 3. The van der Waals surface area contributed by atoms with Crippen molar-refractivity contribution in [3.8, 4) is 0 Å². The van der Waals surface area contributed by atoms with Gasteiger partial charge in [0.15, 0.2) is 0 Å². The number of nitrogens with one attached hydrogen (secondary N) is 1. The Kier molecular flexibility index (Phi) is 6.49. The van der Waals surface area contributed by atoms with Crippen LogP contribution in [0.2, 0.25) is 0 Å². The van der Waals surface area contributed by atoms with Crippen molar-refractivity contribution in [2.24, 2.45) is 0 Å². The summed E-state index contributed by atoms with van der Waals surface area (Å²) in [6, 6.07) is 0. The molecule has 0 atom stereocenters. The number of allylic oxidation sites excluding steroid dienone is 3. The topological polar surface area (TPSA) is 29.1 Å². The van der Waals surface area contributed by atoms with Crippen LogP contribution in [0.15, 0.2) is 24.8 Å². The van der Waals surface area contributed by atoms with Crippen molar-refractivity contribution >= 4 is 5.91 Å². The third-order valence-electron chi connectivity index (χ3n) is 1.61. The Balaban J connectivity index is 3.43. The molecule has 0 saturated carbocycles. The molecule has 0 saturated heterocycles. The Morgan fingerprint density at radius 3 is 2.53 bits per heavy atom. The highest BCUT2D eigenvalue weighted by Gasteiger charge is 2.37. The second-order valence-electron chi connectivity index (χ2n) is 2.91. The molecule has 0 radical (unpaired) electrons. The zero-order chi connectivity index (χ0) is 11.7. The van der Waals surface area contributed by atoms with Crippen LogP contribution in [0.3, 0.4) is 0 Å². The van der Waals surface area contributed by atoms with E-state index in [0.29, 0.717) is 6.42 Å². The Bertz CT molecular complexity index is 233. The summed E-state index contributed by atoms with van der Waals surface area (Å²) in [5.74, 6) is -1.87. The summed E-state index contributed by atoms with van der Waals surface area (Å²) in [5, 5.41) is 1.81. The highest BCUT2D eigenvalue weighted by atomic mass is 19.4. The number of carbonyl (C=O) groups is 1. The third-order valence-corrected chi connectivity index (χ3v) is 1.61. The molecule has 0 aliphatic rings. The highest BCUT2D eigenvalue weighted by molar-refractivity contribution is 5.81. The van der Waals surface area contributed by atoms with Gasteiger partial charge in [-0.1, -0.05) is 24.8 Å². The first kappa shape index (κ1) is 13.7. The van der Waals surface area contributed by atoms with Gasteiger partial charge in [-0.15, -0.1) is 0 Å². The van der Waals surface area contributed by atoms with E-state index in [9.17, 15) is 18.0 Å². The van der Waals surface area contributed by atoms with E-state index in [2.05, 4.69) is 6.58 Å². The van der Waals surface area contributed by atoms with Gasteiger partial charge >= 0.3 is 12.1 Å². The molecule has 0 heterocycles. The molecule has 0 aromatic heterocycles. The summed E-state index contributed by atoms with van der Waals surface area (Å²) < 4.78 is 35.1. The minimum atomic E-state index is -4.78. The Hall–Kier alpha value is -1.26. The fraction of sp³-hybridized carbons (Fsp3) is 0.500. The second-order valence-corrected chi connectivity index (χ2v) is 2.91. The SMILES string of the molecule is C=CC=CCCCCNC(=O)C(F)(F)F. The van der Waals surface area contributed by atoms with Crippen LogP contribution in [0.5, 0.6) is 0 Å². The predicted molar refractivity (Wildman–Crippen MR) is 52.3 cm³/mol. The van der Waals surface area contributed by atoms with E-state index >= 15 is 0 Å². The number of hydrogen-bond acceptors (Lipinski definition) is 1. The van der Waals surface area contributed by atoms with Crippen LogP contribution in [0.1, 0.15) is 19.3 Å². The molecule has 2 nitrogen and oxygen atoms in total. The zero-order valence-electron chi connectivity index (χ0n) is 8.31. The van der Waals surface area contributed by atoms with Crippen molar-refractivity contribution in [1.29, 1.82) is 0 Å². The molecule has 0 aliphatic carbocycles. The molecule has 15 heavy (non-hydrogen) atoms. The number of alkyl halides is 3. The van der Waals surface area contributed by atoms with E-state index in [0.717, 1.165) is 12.8 Å². The van der Waals surface area contributed by atoms with Crippen LogP contribution in [0.25, 0.3) is 0 Å². The third kappa shape index (κ3) is 7.78. The van der Waals surface area contributed by atoms with Crippen molar-refractivity contribution in [2.75, 3.05) is 6.54 Å². The number of rotatable bonds is 6. The van der Waals surface area contributed by atoms with Crippen LogP contribution in [0, 0.1) is 0 Å². The first-order chi connectivity index (χ1) is 6.98. The van der Waals surface area contributed by atoms with E-state index in [1.807, 2.05) is 6.08 Å². The van der Waals surface area contributed by atoms with E-state index in [1.165, 1.54) is 0 Å². The molecule has 0 bridgehead atoms. The standard InChI is InChI=1S/C10H14F3NO/c1-2-3-4-5-6-7-8-14-9(15)10(11,12)13/h2-4H,1,5-8H2,(H,14,15). The van der Waals surface area contributed by atoms with Crippen molar-refractivity contribution in [3.63, 3.8) is 0 Å². The molecule has 0 aromatic carbocycles. The summed E-state index contributed by atoms with van der Waals surface area (Å²) in [4.78, 5) is 10.3. The molecule has 0 aliphatic heterocycles. The first-order valence-electron chi connectivity index (χ1n) is 4.61. The van der Waals surface area contributed by atoms with Crippen LogP contribution in [-0.2, 0) is 4.79 Å². The molecule has 0 unspecified atom stereocenters. The summed E-state index contributed by atoms with van der Waals surface area (Å²) in [7, 11) is 0. The van der Waals surface area contributed by atoms with E-state index in [1.54, 1.807) is 17.5 Å². The summed E-state index contributed by atoms with van der Waals surface area (Å²) in [5.41, 5.74) is 0. The molecule has 0 aromatic rings. The van der Waals surface area contributed by atoms with Gasteiger partial charge in [0.25, 0.3) is 0 Å². The molecule has 1 amide bonds. The van der Waals surface area contributed by atoms with Gasteiger partial charge in [0.05, 0.1) is 0 Å². The number of unbranched alkanes of at least 4 members (excludes halogenated alkanes) is 2. The number of carbonyl (C=O) groups excluding carboxylic acids is 1. The maximum absolute atomic E-state index is 11.7. The molecular weight excluding hydrogens is 207 g/mol. The maximum Gasteiger partial charge on any atom is 0.471 e. The van der Waals surface area contributed by atoms with Gasteiger partial charge in [-0.2, -0.15) is 13.2 Å². The fourth-order valence-corrected chi connectivity index (χ4v) is 0.882. The van der Waals surface area contributed by atoms with Crippen molar-refractivity contribution in [2.45, 2.75) is 25.4 Å². The van der Waals surface area contributed by atoms with Crippen molar-refractivity contribution in [1.82, 2.24) is 5.32 Å². The van der Waals surface area contributed by atoms with E-state index < -0.39 is 12.1 Å². The van der Waals surface area contributed by atoms with Crippen LogP contribution < -0.4 is 5.32 Å². The first-order valence-corrected chi connectivity index (χ1v) is 4.61. The minimum absolute atomic E-state index is 0.0558. The van der Waals surface area contributed by atoms with Gasteiger partial charge in [0.1, 0.15) is 0 Å². The largest absolute Gasteiger partial charge is 0.471 e. The van der Waals surface area contributed by atoms with Gasteiger partial charge in [-0.3, -0.25) is 4.79 Å². The molecule has 1 N–H and O–H groups in total. The van der Waals surface area contributed by atoms with Crippen LogP contribution >= 0.6 is 0 Å². The molecule has 0 rings (SSSR count).